The predicted octanol–water partition coefficient (Wildman–Crippen LogP) is 0.461. The molecule has 1 N–H and O–H groups in total. The zero-order valence-corrected chi connectivity index (χ0v) is 6.17. The molecular formula is C7H15NO. The molecule has 9 heavy (non-hydrogen) atoms. The fourth-order valence-electron chi connectivity index (χ4n) is 1.08. The van der Waals surface area contributed by atoms with E-state index in [9.17, 15) is 0 Å². The average Bonchev–Trinajstić information content (AvgIpc) is 2.40. The van der Waals surface area contributed by atoms with Gasteiger partial charge in [0.05, 0.1) is 6.10 Å². The van der Waals surface area contributed by atoms with Crippen molar-refractivity contribution in [3.63, 3.8) is 0 Å². The van der Waals surface area contributed by atoms with Crippen molar-refractivity contribution in [1.29, 1.82) is 0 Å². The van der Waals surface area contributed by atoms with Crippen LogP contribution in [0.4, 0.5) is 0 Å². The first kappa shape index (κ1) is 7.03. The van der Waals surface area contributed by atoms with Gasteiger partial charge in [0, 0.05) is 12.6 Å². The van der Waals surface area contributed by atoms with Gasteiger partial charge in [0.2, 0.25) is 0 Å². The highest BCUT2D eigenvalue weighted by molar-refractivity contribution is 4.82. The van der Waals surface area contributed by atoms with Gasteiger partial charge in [0.15, 0.2) is 0 Å². The van der Waals surface area contributed by atoms with Gasteiger partial charge in [-0.05, 0) is 26.8 Å². The van der Waals surface area contributed by atoms with E-state index in [0.717, 1.165) is 12.6 Å². The topological polar surface area (TPSA) is 23.5 Å². The number of aliphatic hydroxyl groups is 1. The van der Waals surface area contributed by atoms with E-state index in [-0.39, 0.29) is 6.10 Å². The molecule has 0 aromatic rings. The molecule has 1 unspecified atom stereocenters. The molecule has 1 saturated carbocycles. The fraction of sp³-hybridized carbons (Fsp3) is 1.00. The molecule has 0 aliphatic heterocycles. The Morgan fingerprint density at radius 2 is 2.22 bits per heavy atom. The largest absolute Gasteiger partial charge is 0.392 e. The summed E-state index contributed by atoms with van der Waals surface area (Å²) in [4.78, 5) is 2.23. The van der Waals surface area contributed by atoms with Gasteiger partial charge in [-0.2, -0.15) is 0 Å². The van der Waals surface area contributed by atoms with Crippen LogP contribution < -0.4 is 0 Å². The number of hydrogen-bond acceptors (Lipinski definition) is 2. The van der Waals surface area contributed by atoms with Crippen LogP contribution in [0.1, 0.15) is 19.8 Å². The Kier molecular flexibility index (Phi) is 2.09. The molecule has 0 heterocycles. The number of nitrogens with zero attached hydrogens (tertiary/aromatic N) is 1. The van der Waals surface area contributed by atoms with Crippen molar-refractivity contribution in [1.82, 2.24) is 4.90 Å². The highest BCUT2D eigenvalue weighted by Gasteiger charge is 2.26. The van der Waals surface area contributed by atoms with Crippen molar-refractivity contribution in [3.05, 3.63) is 0 Å². The number of likely N-dealkylation sites (N-methyl/N-ethyl adjacent to an activating group) is 1. The lowest BCUT2D eigenvalue weighted by Gasteiger charge is -2.16. The Labute approximate surface area is 56.5 Å². The standard InChI is InChI=1S/C7H15NO/c1-6(9)5-8(2)7-3-4-7/h6-7,9H,3-5H2,1-2H3. The van der Waals surface area contributed by atoms with Gasteiger partial charge in [-0.15, -0.1) is 0 Å². The van der Waals surface area contributed by atoms with E-state index in [1.165, 1.54) is 12.8 Å². The van der Waals surface area contributed by atoms with E-state index in [1.54, 1.807) is 0 Å². The first-order valence-corrected chi connectivity index (χ1v) is 3.58. The molecular weight excluding hydrogens is 114 g/mol. The molecule has 1 atom stereocenters. The molecule has 54 valence electrons. The Balaban J connectivity index is 2.10. The molecule has 0 aromatic carbocycles. The molecule has 0 saturated heterocycles. The van der Waals surface area contributed by atoms with Gasteiger partial charge in [-0.25, -0.2) is 0 Å². The lowest BCUT2D eigenvalue weighted by Crippen LogP contribution is -2.28. The molecule has 0 bridgehead atoms. The first-order valence-electron chi connectivity index (χ1n) is 3.58. The van der Waals surface area contributed by atoms with Crippen molar-refractivity contribution in [2.24, 2.45) is 0 Å². The van der Waals surface area contributed by atoms with Crippen molar-refractivity contribution >= 4 is 0 Å². The second-order valence-electron chi connectivity index (χ2n) is 3.02. The zero-order chi connectivity index (χ0) is 6.85. The maximum absolute atomic E-state index is 8.96. The van der Waals surface area contributed by atoms with Gasteiger partial charge < -0.3 is 10.0 Å². The van der Waals surface area contributed by atoms with E-state index in [1.807, 2.05) is 6.92 Å². The number of aliphatic hydroxyl groups excluding tert-OH is 1. The predicted molar refractivity (Wildman–Crippen MR) is 37.3 cm³/mol. The van der Waals surface area contributed by atoms with E-state index in [4.69, 9.17) is 5.11 Å². The number of rotatable bonds is 3. The van der Waals surface area contributed by atoms with Crippen LogP contribution in [-0.2, 0) is 0 Å². The summed E-state index contributed by atoms with van der Waals surface area (Å²) in [7, 11) is 2.07. The summed E-state index contributed by atoms with van der Waals surface area (Å²) < 4.78 is 0. The summed E-state index contributed by atoms with van der Waals surface area (Å²) in [5.41, 5.74) is 0. The van der Waals surface area contributed by atoms with Crippen molar-refractivity contribution in [3.8, 4) is 0 Å². The fourth-order valence-corrected chi connectivity index (χ4v) is 1.08. The van der Waals surface area contributed by atoms with Gasteiger partial charge in [-0.3, -0.25) is 0 Å². The third-order valence-electron chi connectivity index (χ3n) is 1.72. The van der Waals surface area contributed by atoms with Crippen LogP contribution >= 0.6 is 0 Å². The quantitative estimate of drug-likeness (QED) is 0.598. The van der Waals surface area contributed by atoms with E-state index < -0.39 is 0 Å². The van der Waals surface area contributed by atoms with E-state index >= 15 is 0 Å². The SMILES string of the molecule is CC(O)CN(C)C1CC1. The van der Waals surface area contributed by atoms with Crippen LogP contribution in [0.25, 0.3) is 0 Å². The number of hydrogen-bond donors (Lipinski definition) is 1. The summed E-state index contributed by atoms with van der Waals surface area (Å²) in [6, 6.07) is 0.777. The van der Waals surface area contributed by atoms with Gasteiger partial charge in [0.1, 0.15) is 0 Å². The second kappa shape index (κ2) is 2.67. The van der Waals surface area contributed by atoms with Gasteiger partial charge in [-0.1, -0.05) is 0 Å². The molecule has 0 radical (unpaired) electrons. The molecule has 1 aliphatic carbocycles. The normalized spacial score (nSPS) is 22.7. The average molecular weight is 129 g/mol. The smallest absolute Gasteiger partial charge is 0.0639 e. The Bertz CT molecular complexity index is 88.9. The molecule has 1 fully saturated rings. The van der Waals surface area contributed by atoms with Crippen LogP contribution in [0.5, 0.6) is 0 Å². The molecule has 0 aromatic heterocycles. The second-order valence-corrected chi connectivity index (χ2v) is 3.02. The molecule has 2 heteroatoms. The Hall–Kier alpha value is -0.0800. The Morgan fingerprint density at radius 3 is 2.56 bits per heavy atom. The van der Waals surface area contributed by atoms with Crippen LogP contribution in [-0.4, -0.2) is 35.7 Å². The highest BCUT2D eigenvalue weighted by Crippen LogP contribution is 2.24. The summed E-state index contributed by atoms with van der Waals surface area (Å²) >= 11 is 0. The van der Waals surface area contributed by atoms with E-state index in [0.29, 0.717) is 0 Å². The van der Waals surface area contributed by atoms with Crippen LogP contribution in [0.15, 0.2) is 0 Å². The van der Waals surface area contributed by atoms with Crippen molar-refractivity contribution in [2.45, 2.75) is 31.9 Å². The molecule has 1 aliphatic rings. The molecule has 2 nitrogen and oxygen atoms in total. The highest BCUT2D eigenvalue weighted by atomic mass is 16.3. The van der Waals surface area contributed by atoms with Gasteiger partial charge in [0.25, 0.3) is 0 Å². The summed E-state index contributed by atoms with van der Waals surface area (Å²) in [6.45, 7) is 2.66. The molecule has 0 amide bonds. The summed E-state index contributed by atoms with van der Waals surface area (Å²) in [5.74, 6) is 0. The van der Waals surface area contributed by atoms with Crippen LogP contribution in [0.3, 0.4) is 0 Å². The third kappa shape index (κ3) is 2.33. The minimum absolute atomic E-state index is 0.171. The van der Waals surface area contributed by atoms with Crippen molar-refractivity contribution in [2.75, 3.05) is 13.6 Å². The Morgan fingerprint density at radius 1 is 1.67 bits per heavy atom. The van der Waals surface area contributed by atoms with Gasteiger partial charge >= 0.3 is 0 Å². The maximum atomic E-state index is 8.96. The van der Waals surface area contributed by atoms with Crippen LogP contribution in [0, 0.1) is 0 Å². The van der Waals surface area contributed by atoms with E-state index in [2.05, 4.69) is 11.9 Å². The summed E-state index contributed by atoms with van der Waals surface area (Å²) in [5, 5.41) is 8.96. The lowest BCUT2D eigenvalue weighted by molar-refractivity contribution is 0.138. The minimum atomic E-state index is -0.171. The minimum Gasteiger partial charge on any atom is -0.392 e. The van der Waals surface area contributed by atoms with Crippen molar-refractivity contribution < 1.29 is 5.11 Å². The summed E-state index contributed by atoms with van der Waals surface area (Å²) in [6.07, 6.45) is 2.47. The van der Waals surface area contributed by atoms with Crippen LogP contribution in [0.2, 0.25) is 0 Å². The monoisotopic (exact) mass is 129 g/mol. The maximum Gasteiger partial charge on any atom is 0.0639 e. The zero-order valence-electron chi connectivity index (χ0n) is 6.17. The molecule has 0 spiro atoms. The third-order valence-corrected chi connectivity index (χ3v) is 1.72. The molecule has 1 rings (SSSR count). The first-order chi connectivity index (χ1) is 4.20. The lowest BCUT2D eigenvalue weighted by atomic mass is 10.4.